The van der Waals surface area contributed by atoms with Gasteiger partial charge in [0, 0.05) is 48.5 Å². The molecule has 28 heavy (non-hydrogen) atoms. The molecule has 6 heteroatoms. The van der Waals surface area contributed by atoms with Crippen LogP contribution in [0.25, 0.3) is 10.9 Å². The van der Waals surface area contributed by atoms with E-state index < -0.39 is 0 Å². The molecule has 2 heterocycles. The number of piperidine rings is 1. The van der Waals surface area contributed by atoms with Crippen LogP contribution in [0, 0.1) is 0 Å². The van der Waals surface area contributed by atoms with E-state index >= 15 is 0 Å². The smallest absolute Gasteiger partial charge is 0.162 e. The van der Waals surface area contributed by atoms with Crippen LogP contribution in [0.3, 0.4) is 0 Å². The number of ether oxygens (including phenoxy) is 2. The van der Waals surface area contributed by atoms with Crippen molar-refractivity contribution in [3.63, 3.8) is 0 Å². The van der Waals surface area contributed by atoms with E-state index in [2.05, 4.69) is 16.3 Å². The molecule has 0 atom stereocenters. The van der Waals surface area contributed by atoms with Crippen molar-refractivity contribution in [2.24, 2.45) is 0 Å². The van der Waals surface area contributed by atoms with Crippen LogP contribution in [0.15, 0.2) is 12.1 Å². The van der Waals surface area contributed by atoms with Gasteiger partial charge in [0.05, 0.1) is 26.3 Å². The number of β-amino-alcohol motifs (C(OH)–C–C–N with tert-alkyl or cyclic N) is 1. The number of benzene rings is 1. The van der Waals surface area contributed by atoms with Gasteiger partial charge in [-0.1, -0.05) is 0 Å². The number of pyridine rings is 1. The van der Waals surface area contributed by atoms with Crippen LogP contribution < -0.4 is 14.8 Å². The number of hydrogen-bond donors (Lipinski definition) is 2. The number of aliphatic hydroxyl groups excluding tert-OH is 1. The lowest BCUT2D eigenvalue weighted by molar-refractivity contribution is 0.168. The highest BCUT2D eigenvalue weighted by Crippen LogP contribution is 2.39. The number of nitrogens with zero attached hydrogens (tertiary/aromatic N) is 2. The van der Waals surface area contributed by atoms with Gasteiger partial charge in [0.25, 0.3) is 0 Å². The number of aryl methyl sites for hydroxylation is 1. The second-order valence-corrected chi connectivity index (χ2v) is 7.83. The molecule has 4 rings (SSSR count). The van der Waals surface area contributed by atoms with Crippen LogP contribution in [0.2, 0.25) is 0 Å². The van der Waals surface area contributed by atoms with Crippen molar-refractivity contribution in [1.29, 1.82) is 0 Å². The summed E-state index contributed by atoms with van der Waals surface area (Å²) in [6.07, 6.45) is 6.73. The van der Waals surface area contributed by atoms with Crippen molar-refractivity contribution < 1.29 is 14.6 Å². The van der Waals surface area contributed by atoms with Gasteiger partial charge >= 0.3 is 0 Å². The quantitative estimate of drug-likeness (QED) is 0.797. The predicted molar refractivity (Wildman–Crippen MR) is 112 cm³/mol. The maximum atomic E-state index is 9.18. The Hall–Kier alpha value is -2.05. The van der Waals surface area contributed by atoms with Crippen molar-refractivity contribution in [2.45, 2.75) is 44.6 Å². The zero-order valence-corrected chi connectivity index (χ0v) is 17.0. The summed E-state index contributed by atoms with van der Waals surface area (Å²) < 4.78 is 11.1. The third-order valence-electron chi connectivity index (χ3n) is 6.12. The maximum absolute atomic E-state index is 9.18. The summed E-state index contributed by atoms with van der Waals surface area (Å²) in [6, 6.07) is 4.51. The number of nitrogens with one attached hydrogen (secondary N) is 1. The molecule has 1 aromatic heterocycles. The predicted octanol–water partition coefficient (Wildman–Crippen LogP) is 3.00. The zero-order chi connectivity index (χ0) is 19.5. The fourth-order valence-electron chi connectivity index (χ4n) is 4.56. The van der Waals surface area contributed by atoms with E-state index in [-0.39, 0.29) is 6.61 Å². The van der Waals surface area contributed by atoms with E-state index in [4.69, 9.17) is 14.5 Å². The minimum Gasteiger partial charge on any atom is -0.493 e. The minimum atomic E-state index is 0.238. The van der Waals surface area contributed by atoms with Gasteiger partial charge in [0.1, 0.15) is 0 Å². The molecule has 1 fully saturated rings. The Morgan fingerprint density at radius 3 is 2.54 bits per heavy atom. The lowest BCUT2D eigenvalue weighted by atomic mass is 9.91. The van der Waals surface area contributed by atoms with Gasteiger partial charge in [-0.3, -0.25) is 4.98 Å². The molecule has 2 N–H and O–H groups in total. The summed E-state index contributed by atoms with van der Waals surface area (Å²) in [5, 5.41) is 14.2. The first-order chi connectivity index (χ1) is 13.7. The molecule has 0 radical (unpaired) electrons. The van der Waals surface area contributed by atoms with Gasteiger partial charge in [-0.05, 0) is 50.2 Å². The SMILES string of the molecule is COc1cc2nc3c(c(NC4CCN(CCO)CC4)c2cc1OC)CCCC3. The summed E-state index contributed by atoms with van der Waals surface area (Å²) in [5.74, 6) is 1.47. The number of fused-ring (bicyclic) bond motifs is 2. The van der Waals surface area contributed by atoms with Gasteiger partial charge < -0.3 is 24.8 Å². The summed E-state index contributed by atoms with van der Waals surface area (Å²) >= 11 is 0. The average Bonchev–Trinajstić information content (AvgIpc) is 2.74. The number of hydrogen-bond acceptors (Lipinski definition) is 6. The van der Waals surface area contributed by atoms with Crippen LogP contribution in [0.4, 0.5) is 5.69 Å². The van der Waals surface area contributed by atoms with Crippen LogP contribution in [0.1, 0.15) is 36.9 Å². The number of methoxy groups -OCH3 is 2. The van der Waals surface area contributed by atoms with Crippen LogP contribution in [-0.2, 0) is 12.8 Å². The molecule has 2 aliphatic rings. The average molecular weight is 386 g/mol. The normalized spacial score (nSPS) is 18.1. The van der Waals surface area contributed by atoms with E-state index in [0.717, 1.165) is 67.7 Å². The van der Waals surface area contributed by atoms with Gasteiger partial charge in [-0.15, -0.1) is 0 Å². The van der Waals surface area contributed by atoms with E-state index in [9.17, 15) is 5.11 Å². The fraction of sp³-hybridized carbons (Fsp3) is 0.591. The van der Waals surface area contributed by atoms with Gasteiger partial charge in [-0.25, -0.2) is 0 Å². The van der Waals surface area contributed by atoms with Crippen molar-refractivity contribution in [3.8, 4) is 11.5 Å². The lowest BCUT2D eigenvalue weighted by Crippen LogP contribution is -2.40. The Morgan fingerprint density at radius 2 is 1.82 bits per heavy atom. The van der Waals surface area contributed by atoms with E-state index in [1.54, 1.807) is 14.2 Å². The van der Waals surface area contributed by atoms with E-state index in [1.165, 1.54) is 29.8 Å². The Bertz CT molecular complexity index is 826. The molecule has 0 saturated carbocycles. The first kappa shape index (κ1) is 19.3. The van der Waals surface area contributed by atoms with E-state index in [0.29, 0.717) is 6.04 Å². The van der Waals surface area contributed by atoms with Crippen molar-refractivity contribution in [1.82, 2.24) is 9.88 Å². The molecule has 2 aromatic rings. The number of rotatable bonds is 6. The molecule has 0 bridgehead atoms. The highest BCUT2D eigenvalue weighted by Gasteiger charge is 2.24. The third-order valence-corrected chi connectivity index (χ3v) is 6.12. The molecule has 6 nitrogen and oxygen atoms in total. The Morgan fingerprint density at radius 1 is 1.11 bits per heavy atom. The Labute approximate surface area is 166 Å². The Kier molecular flexibility index (Phi) is 5.87. The van der Waals surface area contributed by atoms with Crippen LogP contribution >= 0.6 is 0 Å². The molecule has 152 valence electrons. The molecular weight excluding hydrogens is 354 g/mol. The van der Waals surface area contributed by atoms with Crippen LogP contribution in [-0.4, -0.2) is 61.5 Å². The first-order valence-corrected chi connectivity index (χ1v) is 10.4. The monoisotopic (exact) mass is 385 g/mol. The second-order valence-electron chi connectivity index (χ2n) is 7.83. The summed E-state index contributed by atoms with van der Waals surface area (Å²) in [5.41, 5.74) is 4.81. The molecular formula is C22H31N3O3. The topological polar surface area (TPSA) is 66.9 Å². The fourth-order valence-corrected chi connectivity index (χ4v) is 4.56. The van der Waals surface area contributed by atoms with E-state index in [1.807, 2.05) is 6.07 Å². The van der Waals surface area contributed by atoms with Crippen molar-refractivity contribution in [2.75, 3.05) is 45.8 Å². The number of aliphatic hydroxyl groups is 1. The van der Waals surface area contributed by atoms with Gasteiger partial charge in [-0.2, -0.15) is 0 Å². The van der Waals surface area contributed by atoms with Crippen molar-refractivity contribution in [3.05, 3.63) is 23.4 Å². The van der Waals surface area contributed by atoms with Crippen molar-refractivity contribution >= 4 is 16.6 Å². The number of aromatic nitrogens is 1. The summed E-state index contributed by atoms with van der Waals surface area (Å²) in [7, 11) is 3.35. The summed E-state index contributed by atoms with van der Waals surface area (Å²) in [6.45, 7) is 3.07. The molecule has 1 saturated heterocycles. The van der Waals surface area contributed by atoms with Gasteiger partial charge in [0.2, 0.25) is 0 Å². The maximum Gasteiger partial charge on any atom is 0.162 e. The van der Waals surface area contributed by atoms with Gasteiger partial charge in [0.15, 0.2) is 11.5 Å². The first-order valence-electron chi connectivity index (χ1n) is 10.4. The third kappa shape index (κ3) is 3.76. The standard InChI is InChI=1S/C22H31N3O3/c1-27-20-13-17-19(14-21(20)28-2)24-18-6-4-3-5-16(18)22(17)23-15-7-9-25(10-8-15)11-12-26/h13-15,26H,3-12H2,1-2H3,(H,23,24). The molecule has 0 unspecified atom stereocenters. The number of likely N-dealkylation sites (tertiary alicyclic amines) is 1. The molecule has 0 amide bonds. The van der Waals surface area contributed by atoms with Crippen LogP contribution in [0.5, 0.6) is 11.5 Å². The molecule has 1 aliphatic carbocycles. The summed E-state index contributed by atoms with van der Waals surface area (Å²) in [4.78, 5) is 7.32. The molecule has 0 spiro atoms. The second kappa shape index (κ2) is 8.53. The molecule has 1 aliphatic heterocycles. The highest BCUT2D eigenvalue weighted by atomic mass is 16.5. The zero-order valence-electron chi connectivity index (χ0n) is 17.0. The molecule has 1 aromatic carbocycles. The highest BCUT2D eigenvalue weighted by molar-refractivity contribution is 5.96. The largest absolute Gasteiger partial charge is 0.493 e. The minimum absolute atomic E-state index is 0.238. The Balaban J connectivity index is 1.71. The number of anilines is 1. The lowest BCUT2D eigenvalue weighted by Gasteiger charge is -2.33.